The molecule has 0 aliphatic heterocycles. The number of anilines is 1. The van der Waals surface area contributed by atoms with Gasteiger partial charge < -0.3 is 10.6 Å². The predicted molar refractivity (Wildman–Crippen MR) is 107 cm³/mol. The number of benzene rings is 2. The van der Waals surface area contributed by atoms with Crippen LogP contribution in [0.15, 0.2) is 67.0 Å². The van der Waals surface area contributed by atoms with Crippen molar-refractivity contribution in [1.82, 2.24) is 15.1 Å². The lowest BCUT2D eigenvalue weighted by Gasteiger charge is -2.16. The van der Waals surface area contributed by atoms with Crippen molar-refractivity contribution in [3.8, 4) is 0 Å². The number of thiocarbonyl (C=S) groups is 1. The number of hydrogen-bond donors (Lipinski definition) is 2. The molecule has 0 aliphatic carbocycles. The van der Waals surface area contributed by atoms with Crippen LogP contribution < -0.4 is 10.6 Å². The van der Waals surface area contributed by atoms with Crippen LogP contribution in [0.3, 0.4) is 0 Å². The van der Waals surface area contributed by atoms with Crippen LogP contribution in [0.1, 0.15) is 29.7 Å². The van der Waals surface area contributed by atoms with Crippen LogP contribution in [0.2, 0.25) is 0 Å². The Bertz CT molecular complexity index is 824. The molecular weight excluding hydrogens is 328 g/mol. The van der Waals surface area contributed by atoms with E-state index in [1.165, 1.54) is 16.7 Å². The first-order chi connectivity index (χ1) is 12.1. The summed E-state index contributed by atoms with van der Waals surface area (Å²) in [4.78, 5) is 0. The van der Waals surface area contributed by atoms with Gasteiger partial charge in [-0.2, -0.15) is 5.10 Å². The second kappa shape index (κ2) is 7.94. The highest BCUT2D eigenvalue weighted by Crippen LogP contribution is 2.13. The lowest BCUT2D eigenvalue weighted by molar-refractivity contribution is 0.687. The minimum Gasteiger partial charge on any atom is -0.356 e. The smallest absolute Gasteiger partial charge is 0.171 e. The van der Waals surface area contributed by atoms with Crippen LogP contribution >= 0.6 is 12.2 Å². The summed E-state index contributed by atoms with van der Waals surface area (Å²) in [5.74, 6) is 0. The number of rotatable bonds is 5. The van der Waals surface area contributed by atoms with Gasteiger partial charge in [0.25, 0.3) is 0 Å². The van der Waals surface area contributed by atoms with E-state index in [4.69, 9.17) is 12.2 Å². The average Bonchev–Trinajstić information content (AvgIpc) is 3.04. The topological polar surface area (TPSA) is 41.9 Å². The van der Waals surface area contributed by atoms with E-state index in [0.717, 1.165) is 12.2 Å². The minimum atomic E-state index is 0.142. The fourth-order valence-electron chi connectivity index (χ4n) is 2.58. The van der Waals surface area contributed by atoms with Gasteiger partial charge in [0.15, 0.2) is 5.11 Å². The molecule has 0 amide bonds. The van der Waals surface area contributed by atoms with Crippen LogP contribution in [-0.2, 0) is 6.54 Å². The molecule has 4 nitrogen and oxygen atoms in total. The summed E-state index contributed by atoms with van der Waals surface area (Å²) in [6, 6.07) is 18.8. The van der Waals surface area contributed by atoms with Gasteiger partial charge in [-0.3, -0.25) is 4.68 Å². The van der Waals surface area contributed by atoms with E-state index in [0.29, 0.717) is 5.11 Å². The van der Waals surface area contributed by atoms with E-state index < -0.39 is 0 Å². The Morgan fingerprint density at radius 1 is 1.12 bits per heavy atom. The molecule has 1 unspecified atom stereocenters. The molecule has 1 atom stereocenters. The molecule has 128 valence electrons. The van der Waals surface area contributed by atoms with Crippen molar-refractivity contribution >= 4 is 23.0 Å². The van der Waals surface area contributed by atoms with Gasteiger partial charge in [-0.05, 0) is 37.2 Å². The maximum Gasteiger partial charge on any atom is 0.171 e. The Kier molecular flexibility index (Phi) is 5.46. The molecule has 0 radical (unpaired) electrons. The Labute approximate surface area is 153 Å². The molecule has 2 aromatic carbocycles. The van der Waals surface area contributed by atoms with Crippen LogP contribution in [0.5, 0.6) is 0 Å². The number of nitrogens with zero attached hydrogens (tertiary/aromatic N) is 2. The second-order valence-electron chi connectivity index (χ2n) is 6.14. The number of aromatic nitrogens is 2. The van der Waals surface area contributed by atoms with Gasteiger partial charge >= 0.3 is 0 Å². The highest BCUT2D eigenvalue weighted by atomic mass is 32.1. The molecule has 0 aliphatic rings. The first-order valence-electron chi connectivity index (χ1n) is 8.30. The molecule has 1 heterocycles. The maximum absolute atomic E-state index is 5.41. The Morgan fingerprint density at radius 2 is 1.84 bits per heavy atom. The third kappa shape index (κ3) is 4.90. The highest BCUT2D eigenvalue weighted by molar-refractivity contribution is 7.80. The first-order valence-corrected chi connectivity index (χ1v) is 8.71. The molecular formula is C20H22N4S. The van der Waals surface area contributed by atoms with E-state index in [2.05, 4.69) is 66.0 Å². The monoisotopic (exact) mass is 350 g/mol. The maximum atomic E-state index is 5.41. The van der Waals surface area contributed by atoms with Crippen molar-refractivity contribution in [3.05, 3.63) is 83.7 Å². The van der Waals surface area contributed by atoms with Crippen molar-refractivity contribution in [2.45, 2.75) is 26.4 Å². The Hall–Kier alpha value is -2.66. The predicted octanol–water partition coefficient (Wildman–Crippen LogP) is 4.29. The minimum absolute atomic E-state index is 0.142. The molecule has 0 fully saturated rings. The summed E-state index contributed by atoms with van der Waals surface area (Å²) in [6.45, 7) is 4.91. The lowest BCUT2D eigenvalue weighted by atomic mass is 10.1. The molecule has 1 aromatic heterocycles. The van der Waals surface area contributed by atoms with E-state index in [1.54, 1.807) is 6.20 Å². The van der Waals surface area contributed by atoms with E-state index in [-0.39, 0.29) is 6.04 Å². The SMILES string of the molecule is Cc1ccc(Cn2cc(NC(=S)NC(C)c3ccccc3)cn2)cc1. The second-order valence-corrected chi connectivity index (χ2v) is 6.55. The van der Waals surface area contributed by atoms with E-state index in [9.17, 15) is 0 Å². The van der Waals surface area contributed by atoms with Crippen molar-refractivity contribution in [3.63, 3.8) is 0 Å². The quantitative estimate of drug-likeness (QED) is 0.674. The molecule has 3 aromatic rings. The van der Waals surface area contributed by atoms with Crippen LogP contribution in [0.25, 0.3) is 0 Å². The van der Waals surface area contributed by atoms with Crippen LogP contribution in [0, 0.1) is 6.92 Å². The molecule has 0 saturated heterocycles. The Balaban J connectivity index is 1.55. The normalized spacial score (nSPS) is 11.8. The fourth-order valence-corrected chi connectivity index (χ4v) is 2.88. The Morgan fingerprint density at radius 3 is 2.56 bits per heavy atom. The zero-order chi connectivity index (χ0) is 17.6. The van der Waals surface area contributed by atoms with E-state index >= 15 is 0 Å². The molecule has 2 N–H and O–H groups in total. The lowest BCUT2D eigenvalue weighted by Crippen LogP contribution is -2.30. The summed E-state index contributed by atoms with van der Waals surface area (Å²) in [5, 5.41) is 11.5. The van der Waals surface area contributed by atoms with Crippen molar-refractivity contribution < 1.29 is 0 Å². The summed E-state index contributed by atoms with van der Waals surface area (Å²) in [7, 11) is 0. The van der Waals surface area contributed by atoms with Crippen LogP contribution in [-0.4, -0.2) is 14.9 Å². The number of nitrogens with one attached hydrogen (secondary N) is 2. The van der Waals surface area contributed by atoms with Gasteiger partial charge in [0.2, 0.25) is 0 Å². The molecule has 0 bridgehead atoms. The highest BCUT2D eigenvalue weighted by Gasteiger charge is 2.07. The molecule has 0 saturated carbocycles. The molecule has 3 rings (SSSR count). The van der Waals surface area contributed by atoms with Gasteiger partial charge in [-0.25, -0.2) is 0 Å². The largest absolute Gasteiger partial charge is 0.356 e. The summed E-state index contributed by atoms with van der Waals surface area (Å²) < 4.78 is 1.90. The average molecular weight is 350 g/mol. The summed E-state index contributed by atoms with van der Waals surface area (Å²) >= 11 is 5.41. The van der Waals surface area contributed by atoms with Gasteiger partial charge in [0, 0.05) is 6.20 Å². The van der Waals surface area contributed by atoms with Crippen LogP contribution in [0.4, 0.5) is 5.69 Å². The van der Waals surface area contributed by atoms with Gasteiger partial charge in [-0.1, -0.05) is 60.2 Å². The van der Waals surface area contributed by atoms with Gasteiger partial charge in [-0.15, -0.1) is 0 Å². The molecule has 25 heavy (non-hydrogen) atoms. The third-order valence-corrected chi connectivity index (χ3v) is 4.22. The van der Waals surface area contributed by atoms with Crippen molar-refractivity contribution in [2.24, 2.45) is 0 Å². The summed E-state index contributed by atoms with van der Waals surface area (Å²) in [6.07, 6.45) is 3.75. The molecule has 0 spiro atoms. The third-order valence-electron chi connectivity index (χ3n) is 4.00. The fraction of sp³-hybridized carbons (Fsp3) is 0.200. The van der Waals surface area contributed by atoms with Crippen molar-refractivity contribution in [1.29, 1.82) is 0 Å². The molecule has 5 heteroatoms. The standard InChI is InChI=1S/C20H22N4S/c1-15-8-10-17(11-9-15)13-24-14-19(12-21-24)23-20(25)22-16(2)18-6-4-3-5-7-18/h3-12,14,16H,13H2,1-2H3,(H2,22,23,25). The van der Waals surface area contributed by atoms with Crippen molar-refractivity contribution in [2.75, 3.05) is 5.32 Å². The zero-order valence-corrected chi connectivity index (χ0v) is 15.3. The first kappa shape index (κ1) is 17.2. The summed E-state index contributed by atoms with van der Waals surface area (Å²) in [5.41, 5.74) is 4.56. The number of aryl methyl sites for hydroxylation is 1. The van der Waals surface area contributed by atoms with Gasteiger partial charge in [0.05, 0.1) is 24.5 Å². The number of hydrogen-bond acceptors (Lipinski definition) is 2. The zero-order valence-electron chi connectivity index (χ0n) is 14.4. The van der Waals surface area contributed by atoms with Gasteiger partial charge in [0.1, 0.15) is 0 Å². The van der Waals surface area contributed by atoms with E-state index in [1.807, 2.05) is 29.1 Å².